The van der Waals surface area contributed by atoms with E-state index in [2.05, 4.69) is 10.2 Å². The summed E-state index contributed by atoms with van der Waals surface area (Å²) in [5.41, 5.74) is -2.08. The van der Waals surface area contributed by atoms with Crippen LogP contribution in [0.2, 0.25) is 10.0 Å². The summed E-state index contributed by atoms with van der Waals surface area (Å²) in [6, 6.07) is 15.2. The Morgan fingerprint density at radius 2 is 1.55 bits per heavy atom. The number of carbonyl (C=O) groups excluding carboxylic acids is 2. The fraction of sp³-hybridized carbons (Fsp3) is 0.333. The van der Waals surface area contributed by atoms with Gasteiger partial charge in [-0.3, -0.25) is 14.2 Å². The van der Waals surface area contributed by atoms with Crippen molar-refractivity contribution in [3.8, 4) is 5.69 Å². The molecule has 1 saturated heterocycles. The Labute approximate surface area is 292 Å². The number of aromatic nitrogens is 3. The highest BCUT2D eigenvalue weighted by Gasteiger charge is 2.39. The average Bonchev–Trinajstić information content (AvgIpc) is 3.45. The molecule has 2 amide bonds. The first kappa shape index (κ1) is 36.5. The van der Waals surface area contributed by atoms with Gasteiger partial charge in [0.15, 0.2) is 5.16 Å². The van der Waals surface area contributed by atoms with E-state index in [1.807, 2.05) is 41.0 Å². The van der Waals surface area contributed by atoms with E-state index in [1.54, 1.807) is 24.0 Å². The minimum Gasteiger partial charge on any atom is -0.339 e. The Kier molecular flexibility index (Phi) is 11.2. The molecular weight excluding hydrogens is 715 g/mol. The molecule has 3 aromatic carbocycles. The number of alkyl halides is 6. The Morgan fingerprint density at radius 1 is 0.878 bits per heavy atom. The number of carbonyl (C=O) groups is 2. The second-order valence-electron chi connectivity index (χ2n) is 11.4. The van der Waals surface area contributed by atoms with E-state index in [0.717, 1.165) is 11.3 Å². The van der Waals surface area contributed by atoms with Crippen molar-refractivity contribution < 1.29 is 35.9 Å². The zero-order valence-corrected chi connectivity index (χ0v) is 28.2. The normalized spacial score (nSPS) is 15.5. The van der Waals surface area contributed by atoms with E-state index >= 15 is 0 Å². The average molecular weight is 745 g/mol. The van der Waals surface area contributed by atoms with Gasteiger partial charge in [-0.05, 0) is 55.3 Å². The second kappa shape index (κ2) is 15.0. The molecule has 0 bridgehead atoms. The first-order valence-electron chi connectivity index (χ1n) is 15.1. The lowest BCUT2D eigenvalue weighted by Crippen LogP contribution is -2.55. The van der Waals surface area contributed by atoms with E-state index in [9.17, 15) is 35.9 Å². The van der Waals surface area contributed by atoms with Crippen LogP contribution in [-0.4, -0.2) is 67.8 Å². The van der Waals surface area contributed by atoms with Gasteiger partial charge in [0.2, 0.25) is 5.91 Å². The Balaban J connectivity index is 1.20. The summed E-state index contributed by atoms with van der Waals surface area (Å²) in [5, 5.41) is 10.2. The number of thioether (sulfide) groups is 1. The molecule has 1 unspecified atom stereocenters. The number of hydrogen-bond donors (Lipinski definition) is 0. The van der Waals surface area contributed by atoms with Gasteiger partial charge in [-0.2, -0.15) is 26.3 Å². The molecule has 260 valence electrons. The predicted molar refractivity (Wildman–Crippen MR) is 174 cm³/mol. The maximum Gasteiger partial charge on any atom is 0.416 e. The third kappa shape index (κ3) is 8.89. The summed E-state index contributed by atoms with van der Waals surface area (Å²) in [5.74, 6) is 0.0464. The molecule has 1 aliphatic heterocycles. The Hall–Kier alpha value is -3.75. The standard InChI is InChI=1S/C33H29Cl2F6N5O2S/c1-20-19-44(11-12-45(20)30(48)22-15-23(32(36,37)38)17-24(16-22)33(39,40)41)29(47)8-5-13-49-31-43-42-28(14-21-6-3-2-4-7-21)46(31)25-9-10-26(34)27(35)18-25/h2-4,6-7,9-10,15-18,20H,5,8,11-14,19H2,1H3. The number of benzene rings is 3. The molecule has 1 aliphatic rings. The van der Waals surface area contributed by atoms with Gasteiger partial charge < -0.3 is 9.80 Å². The van der Waals surface area contributed by atoms with E-state index in [-0.39, 0.29) is 38.0 Å². The van der Waals surface area contributed by atoms with E-state index in [4.69, 9.17) is 23.2 Å². The predicted octanol–water partition coefficient (Wildman–Crippen LogP) is 8.45. The molecular formula is C33H29Cl2F6N5O2S. The SMILES string of the molecule is CC1CN(C(=O)CCCSc2nnc(Cc3ccccc3)n2-c2ccc(Cl)c(Cl)c2)CCN1C(=O)c1cc(C(F)(F)F)cc(C(F)(F)F)c1. The zero-order valence-electron chi connectivity index (χ0n) is 25.9. The number of amides is 2. The maximum atomic E-state index is 13.3. The lowest BCUT2D eigenvalue weighted by molar-refractivity contribution is -0.143. The van der Waals surface area contributed by atoms with Crippen molar-refractivity contribution in [1.29, 1.82) is 0 Å². The van der Waals surface area contributed by atoms with Crippen LogP contribution in [0, 0.1) is 0 Å². The van der Waals surface area contributed by atoms with Crippen LogP contribution in [0.1, 0.15) is 52.6 Å². The fourth-order valence-electron chi connectivity index (χ4n) is 5.45. The molecule has 0 radical (unpaired) electrons. The van der Waals surface area contributed by atoms with Crippen molar-refractivity contribution in [2.75, 3.05) is 25.4 Å². The molecule has 1 aromatic heterocycles. The van der Waals surface area contributed by atoms with Gasteiger partial charge in [0.1, 0.15) is 5.82 Å². The smallest absolute Gasteiger partial charge is 0.339 e. The molecule has 5 rings (SSSR count). The lowest BCUT2D eigenvalue weighted by atomic mass is 10.0. The molecule has 16 heteroatoms. The summed E-state index contributed by atoms with van der Waals surface area (Å²) in [6.07, 6.45) is -8.99. The van der Waals surface area contributed by atoms with Crippen LogP contribution in [0.4, 0.5) is 26.3 Å². The second-order valence-corrected chi connectivity index (χ2v) is 13.3. The fourth-order valence-corrected chi connectivity index (χ4v) is 6.65. The van der Waals surface area contributed by atoms with Gasteiger partial charge in [0.05, 0.1) is 26.9 Å². The topological polar surface area (TPSA) is 71.3 Å². The summed E-state index contributed by atoms with van der Waals surface area (Å²) in [6.45, 7) is 1.71. The van der Waals surface area contributed by atoms with E-state index < -0.39 is 41.0 Å². The monoisotopic (exact) mass is 743 g/mol. The van der Waals surface area contributed by atoms with Crippen molar-refractivity contribution in [2.45, 2.75) is 49.7 Å². The highest BCUT2D eigenvalue weighted by atomic mass is 35.5. The van der Waals surface area contributed by atoms with Crippen molar-refractivity contribution in [1.82, 2.24) is 24.6 Å². The Morgan fingerprint density at radius 3 is 2.16 bits per heavy atom. The summed E-state index contributed by atoms with van der Waals surface area (Å²) in [4.78, 5) is 28.9. The third-order valence-electron chi connectivity index (χ3n) is 7.91. The number of piperazine rings is 1. The minimum atomic E-state index is -5.07. The maximum absolute atomic E-state index is 13.3. The van der Waals surface area contributed by atoms with Crippen LogP contribution in [0.25, 0.3) is 5.69 Å². The van der Waals surface area contributed by atoms with Crippen LogP contribution in [0.5, 0.6) is 0 Å². The van der Waals surface area contributed by atoms with Gasteiger partial charge in [-0.1, -0.05) is 65.3 Å². The molecule has 0 aliphatic carbocycles. The number of halogens is 8. The highest BCUT2D eigenvalue weighted by Crippen LogP contribution is 2.37. The summed E-state index contributed by atoms with van der Waals surface area (Å²) >= 11 is 13.9. The van der Waals surface area contributed by atoms with Crippen LogP contribution in [0.3, 0.4) is 0 Å². The van der Waals surface area contributed by atoms with Crippen molar-refractivity contribution in [3.05, 3.63) is 105 Å². The molecule has 1 atom stereocenters. The third-order valence-corrected chi connectivity index (χ3v) is 9.66. The van der Waals surface area contributed by atoms with Gasteiger partial charge in [-0.15, -0.1) is 10.2 Å². The van der Waals surface area contributed by atoms with E-state index in [1.165, 1.54) is 16.7 Å². The summed E-state index contributed by atoms with van der Waals surface area (Å²) in [7, 11) is 0. The van der Waals surface area contributed by atoms with Crippen LogP contribution >= 0.6 is 35.0 Å². The lowest BCUT2D eigenvalue weighted by Gasteiger charge is -2.40. The van der Waals surface area contributed by atoms with Crippen LogP contribution in [0.15, 0.2) is 71.9 Å². The molecule has 0 spiro atoms. The first-order valence-corrected chi connectivity index (χ1v) is 16.8. The van der Waals surface area contributed by atoms with E-state index in [0.29, 0.717) is 51.8 Å². The van der Waals surface area contributed by atoms with Gasteiger partial charge in [0, 0.05) is 49.8 Å². The van der Waals surface area contributed by atoms with Crippen molar-refractivity contribution in [3.63, 3.8) is 0 Å². The van der Waals surface area contributed by atoms with Gasteiger partial charge in [-0.25, -0.2) is 0 Å². The molecule has 4 aromatic rings. The van der Waals surface area contributed by atoms with Gasteiger partial charge in [0.25, 0.3) is 5.91 Å². The molecule has 2 heterocycles. The Bertz CT molecular complexity index is 1790. The largest absolute Gasteiger partial charge is 0.416 e. The quantitative estimate of drug-likeness (QED) is 0.0978. The van der Waals surface area contributed by atoms with Crippen molar-refractivity contribution in [2.24, 2.45) is 0 Å². The molecule has 0 N–H and O–H groups in total. The minimum absolute atomic E-state index is 0.0179. The van der Waals surface area contributed by atoms with Crippen LogP contribution < -0.4 is 0 Å². The van der Waals surface area contributed by atoms with Crippen molar-refractivity contribution >= 4 is 46.8 Å². The first-order chi connectivity index (χ1) is 23.1. The molecule has 7 nitrogen and oxygen atoms in total. The number of nitrogens with zero attached hydrogens (tertiary/aromatic N) is 5. The van der Waals surface area contributed by atoms with Gasteiger partial charge >= 0.3 is 12.4 Å². The summed E-state index contributed by atoms with van der Waals surface area (Å²) < 4.78 is 81.9. The number of rotatable bonds is 9. The number of hydrogen-bond acceptors (Lipinski definition) is 5. The molecule has 0 saturated carbocycles. The molecule has 49 heavy (non-hydrogen) atoms. The molecule has 1 fully saturated rings. The zero-order chi connectivity index (χ0) is 35.5. The van der Waals surface area contributed by atoms with Crippen LogP contribution in [-0.2, 0) is 23.6 Å². The highest BCUT2D eigenvalue weighted by molar-refractivity contribution is 7.99.